The molecule has 6 heteroatoms. The van der Waals surface area contributed by atoms with Crippen molar-refractivity contribution in [1.29, 1.82) is 0 Å². The van der Waals surface area contributed by atoms with Crippen molar-refractivity contribution in [2.24, 2.45) is 0 Å². The third kappa shape index (κ3) is 2.46. The van der Waals surface area contributed by atoms with Gasteiger partial charge in [-0.2, -0.15) is 0 Å². The third-order valence-electron chi connectivity index (χ3n) is 8.36. The lowest BCUT2D eigenvalue weighted by atomic mass is 10.1. The number of hydrogen-bond acceptors (Lipinski definition) is 4. The number of nitrogens with one attached hydrogen (secondary N) is 1. The van der Waals surface area contributed by atoms with Crippen molar-refractivity contribution in [3.63, 3.8) is 0 Å². The molecule has 8 aromatic rings. The van der Waals surface area contributed by atoms with E-state index in [1.54, 1.807) is 0 Å². The highest BCUT2D eigenvalue weighted by Crippen LogP contribution is 2.51. The molecule has 1 atom stereocenters. The highest BCUT2D eigenvalue weighted by Gasteiger charge is 2.42. The molecule has 0 bridgehead atoms. The van der Waals surface area contributed by atoms with E-state index in [9.17, 15) is 0 Å². The Morgan fingerprint density at radius 1 is 0.538 bits per heavy atom. The number of hydrogen-bond donors (Lipinski definition) is 1. The number of imidazole rings is 2. The molecule has 4 heterocycles. The third-order valence-corrected chi connectivity index (χ3v) is 8.36. The monoisotopic (exact) mass is 500 g/mol. The molecule has 6 aromatic carbocycles. The normalized spacial score (nSPS) is 15.6. The van der Waals surface area contributed by atoms with Crippen molar-refractivity contribution >= 4 is 71.7 Å². The minimum atomic E-state index is -0.184. The highest BCUT2D eigenvalue weighted by atomic mass is 15.6. The second-order valence-electron chi connectivity index (χ2n) is 10.5. The van der Waals surface area contributed by atoms with Gasteiger partial charge in [0, 0.05) is 0 Å². The standard InChI is InChI=1S/C33H20N6/c1-4-10-22-16-28-25(13-19(22)7-1)34-31-37(28)32-35-27-15-21-9-3-6-12-24(21)18-30(27)39(32)33-36-26-14-20-8-2-5-11-23(20)17-29(26)38(31)33/h1-18,31,34H. The zero-order chi connectivity index (χ0) is 25.2. The molecule has 39 heavy (non-hydrogen) atoms. The summed E-state index contributed by atoms with van der Waals surface area (Å²) in [5.41, 5.74) is 6.30. The van der Waals surface area contributed by atoms with Crippen molar-refractivity contribution in [2.45, 2.75) is 6.29 Å². The first-order valence-corrected chi connectivity index (χ1v) is 13.2. The Morgan fingerprint density at radius 2 is 1.05 bits per heavy atom. The van der Waals surface area contributed by atoms with Gasteiger partial charge >= 0.3 is 0 Å². The molecule has 1 unspecified atom stereocenters. The lowest BCUT2D eigenvalue weighted by Crippen LogP contribution is -2.36. The molecule has 0 saturated heterocycles. The summed E-state index contributed by atoms with van der Waals surface area (Å²) in [6, 6.07) is 38.9. The second-order valence-corrected chi connectivity index (χ2v) is 10.5. The van der Waals surface area contributed by atoms with E-state index in [-0.39, 0.29) is 6.29 Å². The Balaban J connectivity index is 1.35. The quantitative estimate of drug-likeness (QED) is 0.230. The number of fused-ring (bicyclic) bond motifs is 15. The summed E-state index contributed by atoms with van der Waals surface area (Å²) in [5, 5.41) is 11.0. The molecule has 10 rings (SSSR count). The van der Waals surface area contributed by atoms with Gasteiger partial charge < -0.3 is 5.32 Å². The number of aromatic nitrogens is 4. The van der Waals surface area contributed by atoms with Crippen LogP contribution in [0.4, 0.5) is 17.3 Å². The maximum absolute atomic E-state index is 5.24. The van der Waals surface area contributed by atoms with Gasteiger partial charge in [-0.15, -0.1) is 0 Å². The molecule has 0 saturated carbocycles. The highest BCUT2D eigenvalue weighted by molar-refractivity contribution is 6.02. The first-order valence-electron chi connectivity index (χ1n) is 13.2. The van der Waals surface area contributed by atoms with Crippen LogP contribution in [-0.4, -0.2) is 19.1 Å². The SMILES string of the molecule is c1ccc2cc3c(cc2c1)NC1N3c2nc3cc4ccccc4cc3n2-c2nc3cc4ccccc4cc3n21. The molecule has 0 aliphatic carbocycles. The van der Waals surface area contributed by atoms with Gasteiger partial charge in [0.1, 0.15) is 0 Å². The number of anilines is 3. The Hall–Kier alpha value is -5.36. The fourth-order valence-electron chi connectivity index (χ4n) is 6.55. The first kappa shape index (κ1) is 19.7. The van der Waals surface area contributed by atoms with Crippen LogP contribution in [0.25, 0.3) is 60.3 Å². The maximum Gasteiger partial charge on any atom is 0.221 e. The number of benzene rings is 6. The van der Waals surface area contributed by atoms with E-state index in [4.69, 9.17) is 9.97 Å². The lowest BCUT2D eigenvalue weighted by Gasteiger charge is -2.33. The fraction of sp³-hybridized carbons (Fsp3) is 0.0303. The van der Waals surface area contributed by atoms with Crippen LogP contribution in [0.3, 0.4) is 0 Å². The van der Waals surface area contributed by atoms with Crippen molar-refractivity contribution in [3.05, 3.63) is 109 Å². The van der Waals surface area contributed by atoms with E-state index in [0.29, 0.717) is 0 Å². The van der Waals surface area contributed by atoms with Crippen molar-refractivity contribution in [1.82, 2.24) is 19.1 Å². The van der Waals surface area contributed by atoms with Crippen molar-refractivity contribution in [2.75, 3.05) is 10.2 Å². The van der Waals surface area contributed by atoms with Crippen LogP contribution in [0.15, 0.2) is 109 Å². The van der Waals surface area contributed by atoms with Gasteiger partial charge in [0.05, 0.1) is 33.4 Å². The number of nitrogens with zero attached hydrogens (tertiary/aromatic N) is 5. The predicted molar refractivity (Wildman–Crippen MR) is 158 cm³/mol. The molecule has 0 spiro atoms. The van der Waals surface area contributed by atoms with Crippen molar-refractivity contribution < 1.29 is 0 Å². The Kier molecular flexibility index (Phi) is 3.41. The summed E-state index contributed by atoms with van der Waals surface area (Å²) in [4.78, 5) is 12.8. The van der Waals surface area contributed by atoms with Crippen LogP contribution >= 0.6 is 0 Å². The molecule has 0 fully saturated rings. The second kappa shape index (κ2) is 6.74. The molecule has 0 radical (unpaired) electrons. The van der Waals surface area contributed by atoms with Crippen LogP contribution in [0, 0.1) is 0 Å². The van der Waals surface area contributed by atoms with Crippen LogP contribution in [-0.2, 0) is 0 Å². The van der Waals surface area contributed by atoms with Gasteiger partial charge in [-0.1, -0.05) is 72.8 Å². The summed E-state index contributed by atoms with van der Waals surface area (Å²) in [5.74, 6) is 1.75. The molecular weight excluding hydrogens is 480 g/mol. The zero-order valence-electron chi connectivity index (χ0n) is 20.7. The van der Waals surface area contributed by atoms with Crippen molar-refractivity contribution in [3.8, 4) is 5.95 Å². The minimum Gasteiger partial charge on any atom is -0.346 e. The van der Waals surface area contributed by atoms with Gasteiger partial charge in [-0.3, -0.25) is 9.47 Å². The fourth-order valence-corrected chi connectivity index (χ4v) is 6.55. The van der Waals surface area contributed by atoms with Gasteiger partial charge in [0.2, 0.25) is 11.9 Å². The van der Waals surface area contributed by atoms with Gasteiger partial charge in [0.15, 0.2) is 6.29 Å². The summed E-state index contributed by atoms with van der Waals surface area (Å²) in [6.07, 6.45) is -0.184. The van der Waals surface area contributed by atoms with Crippen LogP contribution in [0.5, 0.6) is 0 Å². The molecule has 2 aromatic heterocycles. The molecule has 2 aliphatic rings. The zero-order valence-corrected chi connectivity index (χ0v) is 20.7. The molecule has 1 N–H and O–H groups in total. The summed E-state index contributed by atoms with van der Waals surface area (Å²) >= 11 is 0. The van der Waals surface area contributed by atoms with Crippen LogP contribution in [0.1, 0.15) is 6.29 Å². The number of rotatable bonds is 0. The summed E-state index contributed by atoms with van der Waals surface area (Å²) in [6.45, 7) is 0. The Bertz CT molecular complexity index is 2340. The molecule has 182 valence electrons. The van der Waals surface area contributed by atoms with Crippen LogP contribution in [0.2, 0.25) is 0 Å². The maximum atomic E-state index is 5.24. The topological polar surface area (TPSA) is 50.9 Å². The molecule has 2 aliphatic heterocycles. The van der Waals surface area contributed by atoms with E-state index < -0.39 is 0 Å². The Morgan fingerprint density at radius 3 is 1.72 bits per heavy atom. The van der Waals surface area contributed by atoms with E-state index in [1.165, 1.54) is 32.3 Å². The van der Waals surface area contributed by atoms with E-state index in [1.807, 2.05) is 0 Å². The average Bonchev–Trinajstić information content (AvgIpc) is 3.63. The van der Waals surface area contributed by atoms with Gasteiger partial charge in [-0.05, 0) is 68.7 Å². The lowest BCUT2D eigenvalue weighted by molar-refractivity contribution is 0.552. The minimum absolute atomic E-state index is 0.184. The molecular formula is C33H20N6. The summed E-state index contributed by atoms with van der Waals surface area (Å²) in [7, 11) is 0. The van der Waals surface area contributed by atoms with Crippen LogP contribution < -0.4 is 10.2 Å². The molecule has 6 nitrogen and oxygen atoms in total. The summed E-state index contributed by atoms with van der Waals surface area (Å²) < 4.78 is 4.56. The Labute approximate surface area is 222 Å². The van der Waals surface area contributed by atoms with E-state index in [0.717, 1.165) is 45.3 Å². The van der Waals surface area contributed by atoms with Gasteiger partial charge in [0.25, 0.3) is 0 Å². The van der Waals surface area contributed by atoms with Gasteiger partial charge in [-0.25, -0.2) is 14.5 Å². The van der Waals surface area contributed by atoms with E-state index >= 15 is 0 Å². The largest absolute Gasteiger partial charge is 0.346 e. The van der Waals surface area contributed by atoms with E-state index in [2.05, 4.69) is 129 Å². The smallest absolute Gasteiger partial charge is 0.221 e. The first-order chi connectivity index (χ1) is 19.3. The predicted octanol–water partition coefficient (Wildman–Crippen LogP) is 7.87. The molecule has 0 amide bonds. The average molecular weight is 501 g/mol.